The average Bonchev–Trinajstić information content (AvgIpc) is 2.83. The first-order valence-corrected chi connectivity index (χ1v) is 7.18. The molecule has 0 aliphatic heterocycles. The summed E-state index contributed by atoms with van der Waals surface area (Å²) in [7, 11) is 0. The Bertz CT molecular complexity index is 828. The number of halogens is 1. The standard InChI is InChI=1S/C12H10ClN5OS/c1-6-14-12(18-17-6)20-5-10-15-9-3-2-7(13)4-8(9)11(19)16-10/h2-4H,5H2,1H3,(H,14,17,18)(H,15,16,19). The maximum Gasteiger partial charge on any atom is 0.258 e. The van der Waals surface area contributed by atoms with Crippen LogP contribution in [0.2, 0.25) is 5.02 Å². The van der Waals surface area contributed by atoms with Gasteiger partial charge in [0.05, 0.1) is 16.7 Å². The topological polar surface area (TPSA) is 87.3 Å². The summed E-state index contributed by atoms with van der Waals surface area (Å²) in [5, 5.41) is 8.41. The molecule has 0 aliphatic rings. The van der Waals surface area contributed by atoms with E-state index in [1.807, 2.05) is 6.92 Å². The predicted octanol–water partition coefficient (Wildman–Crippen LogP) is 2.30. The molecule has 2 N–H and O–H groups in total. The van der Waals surface area contributed by atoms with Gasteiger partial charge in [-0.1, -0.05) is 23.4 Å². The van der Waals surface area contributed by atoms with Crippen molar-refractivity contribution in [2.45, 2.75) is 17.8 Å². The molecule has 0 fully saturated rings. The molecule has 2 heterocycles. The van der Waals surface area contributed by atoms with Crippen molar-refractivity contribution >= 4 is 34.3 Å². The Morgan fingerprint density at radius 1 is 1.35 bits per heavy atom. The van der Waals surface area contributed by atoms with Crippen LogP contribution >= 0.6 is 23.4 Å². The fourth-order valence-corrected chi connectivity index (χ4v) is 2.63. The summed E-state index contributed by atoms with van der Waals surface area (Å²) in [6.07, 6.45) is 0. The highest BCUT2D eigenvalue weighted by Gasteiger charge is 2.07. The number of hydrogen-bond donors (Lipinski definition) is 2. The molecule has 20 heavy (non-hydrogen) atoms. The lowest BCUT2D eigenvalue weighted by molar-refractivity contribution is 0.963. The number of aromatic amines is 2. The van der Waals surface area contributed by atoms with Gasteiger partial charge in [-0.05, 0) is 25.1 Å². The number of benzene rings is 1. The second-order valence-corrected chi connectivity index (χ2v) is 5.55. The van der Waals surface area contributed by atoms with Gasteiger partial charge in [0.1, 0.15) is 11.6 Å². The summed E-state index contributed by atoms with van der Waals surface area (Å²) >= 11 is 7.27. The summed E-state index contributed by atoms with van der Waals surface area (Å²) < 4.78 is 0. The highest BCUT2D eigenvalue weighted by molar-refractivity contribution is 7.98. The third kappa shape index (κ3) is 2.68. The maximum atomic E-state index is 12.0. The lowest BCUT2D eigenvalue weighted by Crippen LogP contribution is -2.11. The minimum atomic E-state index is -0.195. The van der Waals surface area contributed by atoms with Crippen LogP contribution in [0.3, 0.4) is 0 Å². The van der Waals surface area contributed by atoms with Gasteiger partial charge < -0.3 is 4.98 Å². The van der Waals surface area contributed by atoms with Crippen LogP contribution in [0.15, 0.2) is 28.2 Å². The Hall–Kier alpha value is -1.86. The maximum absolute atomic E-state index is 12.0. The quantitative estimate of drug-likeness (QED) is 0.725. The van der Waals surface area contributed by atoms with Crippen LogP contribution in [-0.4, -0.2) is 25.1 Å². The third-order valence-corrected chi connectivity index (χ3v) is 3.72. The number of H-pyrrole nitrogens is 2. The molecule has 0 atom stereocenters. The number of nitrogens with zero attached hydrogens (tertiary/aromatic N) is 3. The van der Waals surface area contributed by atoms with Gasteiger partial charge in [-0.15, -0.1) is 5.10 Å². The molecule has 3 rings (SSSR count). The van der Waals surface area contributed by atoms with Crippen molar-refractivity contribution in [2.24, 2.45) is 0 Å². The normalized spacial score (nSPS) is 11.1. The van der Waals surface area contributed by atoms with Gasteiger partial charge in [0, 0.05) is 5.02 Å². The van der Waals surface area contributed by atoms with Crippen LogP contribution in [-0.2, 0) is 5.75 Å². The van der Waals surface area contributed by atoms with Gasteiger partial charge in [-0.3, -0.25) is 9.89 Å². The monoisotopic (exact) mass is 307 g/mol. The second kappa shape index (κ2) is 5.26. The van der Waals surface area contributed by atoms with Crippen molar-refractivity contribution in [1.82, 2.24) is 25.1 Å². The smallest absolute Gasteiger partial charge is 0.258 e. The van der Waals surface area contributed by atoms with E-state index in [1.165, 1.54) is 11.8 Å². The molecular weight excluding hydrogens is 298 g/mol. The van der Waals surface area contributed by atoms with E-state index in [9.17, 15) is 4.79 Å². The first-order valence-electron chi connectivity index (χ1n) is 5.82. The van der Waals surface area contributed by atoms with Crippen LogP contribution in [0.4, 0.5) is 0 Å². The van der Waals surface area contributed by atoms with E-state index < -0.39 is 0 Å². The number of aryl methyl sites for hydroxylation is 1. The van der Waals surface area contributed by atoms with Crippen LogP contribution < -0.4 is 5.56 Å². The van der Waals surface area contributed by atoms with Crippen LogP contribution in [0.1, 0.15) is 11.6 Å². The molecule has 0 radical (unpaired) electrons. The van der Waals surface area contributed by atoms with E-state index in [1.54, 1.807) is 18.2 Å². The Morgan fingerprint density at radius 3 is 2.95 bits per heavy atom. The molecule has 0 bridgehead atoms. The predicted molar refractivity (Wildman–Crippen MR) is 78.1 cm³/mol. The summed E-state index contributed by atoms with van der Waals surface area (Å²) in [4.78, 5) is 23.3. The molecule has 1 aromatic carbocycles. The Labute approximate surface area is 123 Å². The number of aromatic nitrogens is 5. The van der Waals surface area contributed by atoms with Gasteiger partial charge in [-0.25, -0.2) is 9.97 Å². The van der Waals surface area contributed by atoms with Crippen LogP contribution in [0, 0.1) is 6.92 Å². The lowest BCUT2D eigenvalue weighted by Gasteiger charge is -2.01. The molecule has 0 saturated carbocycles. The van der Waals surface area contributed by atoms with E-state index in [-0.39, 0.29) is 5.56 Å². The average molecular weight is 308 g/mol. The van der Waals surface area contributed by atoms with E-state index in [0.29, 0.717) is 32.7 Å². The van der Waals surface area contributed by atoms with Crippen LogP contribution in [0.5, 0.6) is 0 Å². The van der Waals surface area contributed by atoms with Crippen molar-refractivity contribution in [3.63, 3.8) is 0 Å². The first-order chi connectivity index (χ1) is 9.61. The van der Waals surface area contributed by atoms with Crippen molar-refractivity contribution in [3.8, 4) is 0 Å². The van der Waals surface area contributed by atoms with E-state index in [2.05, 4.69) is 25.1 Å². The summed E-state index contributed by atoms with van der Waals surface area (Å²) in [6.45, 7) is 1.83. The number of rotatable bonds is 3. The van der Waals surface area contributed by atoms with Crippen molar-refractivity contribution < 1.29 is 0 Å². The van der Waals surface area contributed by atoms with E-state index in [0.717, 1.165) is 5.82 Å². The molecule has 8 heteroatoms. The van der Waals surface area contributed by atoms with Crippen molar-refractivity contribution in [2.75, 3.05) is 0 Å². The summed E-state index contributed by atoms with van der Waals surface area (Å²) in [5.74, 6) is 1.82. The van der Waals surface area contributed by atoms with E-state index in [4.69, 9.17) is 11.6 Å². The minimum Gasteiger partial charge on any atom is -0.309 e. The highest BCUT2D eigenvalue weighted by atomic mass is 35.5. The lowest BCUT2D eigenvalue weighted by atomic mass is 10.2. The van der Waals surface area contributed by atoms with Gasteiger partial charge in [-0.2, -0.15) is 0 Å². The van der Waals surface area contributed by atoms with Gasteiger partial charge in [0.2, 0.25) is 5.16 Å². The number of hydrogen-bond acceptors (Lipinski definition) is 5. The van der Waals surface area contributed by atoms with Crippen molar-refractivity contribution in [3.05, 3.63) is 45.2 Å². The molecule has 0 amide bonds. The molecule has 102 valence electrons. The zero-order valence-electron chi connectivity index (χ0n) is 10.5. The van der Waals surface area contributed by atoms with Crippen molar-refractivity contribution in [1.29, 1.82) is 0 Å². The van der Waals surface area contributed by atoms with Crippen LogP contribution in [0.25, 0.3) is 10.9 Å². The fourth-order valence-electron chi connectivity index (χ4n) is 1.75. The molecule has 0 saturated heterocycles. The molecule has 0 aliphatic carbocycles. The van der Waals surface area contributed by atoms with E-state index >= 15 is 0 Å². The van der Waals surface area contributed by atoms with Gasteiger partial charge >= 0.3 is 0 Å². The minimum absolute atomic E-state index is 0.195. The Morgan fingerprint density at radius 2 is 2.20 bits per heavy atom. The zero-order chi connectivity index (χ0) is 14.1. The molecule has 3 aromatic rings. The molecule has 0 unspecified atom stereocenters. The first kappa shape index (κ1) is 13.1. The van der Waals surface area contributed by atoms with Gasteiger partial charge in [0.25, 0.3) is 5.56 Å². The summed E-state index contributed by atoms with van der Waals surface area (Å²) in [6, 6.07) is 5.06. The van der Waals surface area contributed by atoms with Gasteiger partial charge in [0.15, 0.2) is 0 Å². The number of nitrogens with one attached hydrogen (secondary N) is 2. The number of fused-ring (bicyclic) bond motifs is 1. The second-order valence-electron chi connectivity index (χ2n) is 4.17. The molecule has 6 nitrogen and oxygen atoms in total. The summed E-state index contributed by atoms with van der Waals surface area (Å²) in [5.41, 5.74) is 0.430. The third-order valence-electron chi connectivity index (χ3n) is 2.63. The Kier molecular flexibility index (Phi) is 3.45. The molecule has 2 aromatic heterocycles. The molecule has 0 spiro atoms. The SMILES string of the molecule is Cc1nc(SCc2nc3ccc(Cl)cc3c(=O)[nH]2)n[nH]1. The largest absolute Gasteiger partial charge is 0.309 e. The Balaban J connectivity index is 1.89. The molecular formula is C12H10ClN5OS. The highest BCUT2D eigenvalue weighted by Crippen LogP contribution is 2.18. The zero-order valence-corrected chi connectivity index (χ0v) is 12.0. The fraction of sp³-hybridized carbons (Fsp3) is 0.167. The number of thioether (sulfide) groups is 1.